The van der Waals surface area contributed by atoms with Gasteiger partial charge in [0.1, 0.15) is 5.82 Å². The van der Waals surface area contributed by atoms with Crippen LogP contribution in [-0.2, 0) is 6.54 Å². The molecule has 0 unspecified atom stereocenters. The van der Waals surface area contributed by atoms with E-state index in [0.717, 1.165) is 11.0 Å². The summed E-state index contributed by atoms with van der Waals surface area (Å²) in [5.41, 5.74) is 6.82. The second-order valence-electron chi connectivity index (χ2n) is 3.77. The number of hydrogen-bond acceptors (Lipinski definition) is 4. The Morgan fingerprint density at radius 2 is 2.18 bits per heavy atom. The number of rotatable bonds is 3. The van der Waals surface area contributed by atoms with Gasteiger partial charge in [0.2, 0.25) is 5.95 Å². The van der Waals surface area contributed by atoms with Crippen molar-refractivity contribution in [3.63, 3.8) is 0 Å². The van der Waals surface area contributed by atoms with E-state index in [0.29, 0.717) is 11.8 Å². The molecule has 0 aliphatic carbocycles. The summed E-state index contributed by atoms with van der Waals surface area (Å²) in [6.07, 6.45) is 1.66. The lowest BCUT2D eigenvalue weighted by atomic mass is 10.2. The van der Waals surface area contributed by atoms with Gasteiger partial charge in [0.25, 0.3) is 0 Å². The van der Waals surface area contributed by atoms with Crippen molar-refractivity contribution < 1.29 is 0 Å². The number of nitrogens with two attached hydrogens (primary N) is 1. The third kappa shape index (κ3) is 3.17. The van der Waals surface area contributed by atoms with Gasteiger partial charge in [-0.2, -0.15) is 4.98 Å². The van der Waals surface area contributed by atoms with Crippen molar-refractivity contribution in [3.8, 4) is 0 Å². The molecule has 5 heteroatoms. The molecule has 2 aromatic rings. The fourth-order valence-corrected chi connectivity index (χ4v) is 1.97. The molecule has 0 bridgehead atoms. The van der Waals surface area contributed by atoms with Crippen LogP contribution in [0.1, 0.15) is 5.56 Å². The van der Waals surface area contributed by atoms with Crippen LogP contribution in [0.15, 0.2) is 41.0 Å². The van der Waals surface area contributed by atoms with Crippen LogP contribution in [0.4, 0.5) is 11.8 Å². The van der Waals surface area contributed by atoms with E-state index in [1.54, 1.807) is 12.3 Å². The summed E-state index contributed by atoms with van der Waals surface area (Å²) in [6.45, 7) is 0.739. The number of nitrogen functional groups attached to an aromatic ring is 1. The Labute approximate surface area is 109 Å². The van der Waals surface area contributed by atoms with Crippen LogP contribution < -0.4 is 10.6 Å². The Hall–Kier alpha value is -1.62. The number of anilines is 2. The summed E-state index contributed by atoms with van der Waals surface area (Å²) in [5, 5.41) is 0. The molecular weight excluding hydrogens is 280 g/mol. The fraction of sp³-hybridized carbons (Fsp3) is 0.167. The van der Waals surface area contributed by atoms with Crippen LogP contribution in [0.5, 0.6) is 0 Å². The second kappa shape index (κ2) is 5.14. The number of nitrogens with zero attached hydrogens (tertiary/aromatic N) is 3. The first kappa shape index (κ1) is 11.9. The van der Waals surface area contributed by atoms with Crippen molar-refractivity contribution in [1.29, 1.82) is 0 Å². The zero-order chi connectivity index (χ0) is 12.3. The van der Waals surface area contributed by atoms with Crippen molar-refractivity contribution in [1.82, 2.24) is 9.97 Å². The van der Waals surface area contributed by atoms with Crippen molar-refractivity contribution in [2.75, 3.05) is 17.7 Å². The first-order valence-corrected chi connectivity index (χ1v) is 5.98. The molecule has 4 nitrogen and oxygen atoms in total. The number of halogens is 1. The minimum absolute atomic E-state index is 0.482. The minimum atomic E-state index is 0.482. The highest BCUT2D eigenvalue weighted by Gasteiger charge is 2.05. The van der Waals surface area contributed by atoms with E-state index in [-0.39, 0.29) is 0 Å². The fourth-order valence-electron chi connectivity index (χ4n) is 1.53. The highest BCUT2D eigenvalue weighted by Crippen LogP contribution is 2.15. The summed E-state index contributed by atoms with van der Waals surface area (Å²) in [5.74, 6) is 1.11. The van der Waals surface area contributed by atoms with Crippen molar-refractivity contribution in [2.45, 2.75) is 6.54 Å². The number of aromatic nitrogens is 2. The molecule has 2 N–H and O–H groups in total. The second-order valence-corrected chi connectivity index (χ2v) is 4.68. The van der Waals surface area contributed by atoms with Gasteiger partial charge >= 0.3 is 0 Å². The zero-order valence-electron chi connectivity index (χ0n) is 9.47. The third-order valence-electron chi connectivity index (χ3n) is 2.31. The molecule has 1 aromatic carbocycles. The maximum atomic E-state index is 5.63. The summed E-state index contributed by atoms with van der Waals surface area (Å²) in [4.78, 5) is 10.3. The summed E-state index contributed by atoms with van der Waals surface area (Å²) in [7, 11) is 1.94. The first-order valence-electron chi connectivity index (χ1n) is 5.19. The predicted octanol–water partition coefficient (Wildman–Crippen LogP) is 2.46. The molecule has 0 spiro atoms. The van der Waals surface area contributed by atoms with Gasteiger partial charge in [-0.05, 0) is 23.8 Å². The molecule has 88 valence electrons. The minimum Gasteiger partial charge on any atom is -0.384 e. The van der Waals surface area contributed by atoms with Gasteiger partial charge in [-0.3, -0.25) is 0 Å². The van der Waals surface area contributed by atoms with E-state index >= 15 is 0 Å². The van der Waals surface area contributed by atoms with Gasteiger partial charge in [-0.15, -0.1) is 0 Å². The molecule has 1 aromatic heterocycles. The molecular formula is C12H13BrN4. The first-order chi connectivity index (χ1) is 8.15. The molecule has 0 fully saturated rings. The Morgan fingerprint density at radius 3 is 2.88 bits per heavy atom. The average molecular weight is 293 g/mol. The van der Waals surface area contributed by atoms with E-state index < -0.39 is 0 Å². The van der Waals surface area contributed by atoms with Gasteiger partial charge in [0.05, 0.1) is 0 Å². The highest BCUT2D eigenvalue weighted by atomic mass is 79.9. The lowest BCUT2D eigenvalue weighted by molar-refractivity contribution is 0.868. The van der Waals surface area contributed by atoms with Gasteiger partial charge in [-0.1, -0.05) is 28.1 Å². The van der Waals surface area contributed by atoms with Crippen LogP contribution in [-0.4, -0.2) is 17.0 Å². The van der Waals surface area contributed by atoms with Gasteiger partial charge in [0.15, 0.2) is 0 Å². The van der Waals surface area contributed by atoms with Crippen LogP contribution in [0, 0.1) is 0 Å². The van der Waals surface area contributed by atoms with Crippen LogP contribution in [0.2, 0.25) is 0 Å². The largest absolute Gasteiger partial charge is 0.384 e. The van der Waals surface area contributed by atoms with E-state index in [4.69, 9.17) is 5.73 Å². The van der Waals surface area contributed by atoms with E-state index in [1.165, 1.54) is 5.56 Å². The molecule has 2 rings (SSSR count). The Morgan fingerprint density at radius 1 is 1.35 bits per heavy atom. The molecule has 1 heterocycles. The molecule has 0 amide bonds. The monoisotopic (exact) mass is 292 g/mol. The Balaban J connectivity index is 2.14. The van der Waals surface area contributed by atoms with Gasteiger partial charge in [-0.25, -0.2) is 4.98 Å². The molecule has 0 aliphatic rings. The van der Waals surface area contributed by atoms with Crippen LogP contribution in [0.25, 0.3) is 0 Å². The molecule has 0 saturated heterocycles. The normalized spacial score (nSPS) is 10.2. The molecule has 0 saturated carbocycles. The van der Waals surface area contributed by atoms with Gasteiger partial charge in [0, 0.05) is 24.3 Å². The Kier molecular flexibility index (Phi) is 3.58. The molecule has 0 radical (unpaired) electrons. The highest BCUT2D eigenvalue weighted by molar-refractivity contribution is 9.10. The zero-order valence-corrected chi connectivity index (χ0v) is 11.1. The quantitative estimate of drug-likeness (QED) is 0.944. The summed E-state index contributed by atoms with van der Waals surface area (Å²) < 4.78 is 1.07. The van der Waals surface area contributed by atoms with Crippen LogP contribution >= 0.6 is 15.9 Å². The predicted molar refractivity (Wildman–Crippen MR) is 72.7 cm³/mol. The number of hydrogen-bond donors (Lipinski definition) is 1. The lowest BCUT2D eigenvalue weighted by Gasteiger charge is -2.17. The standard InChI is InChI=1S/C12H13BrN4/c1-17(12-15-6-5-11(14)16-12)8-9-3-2-4-10(13)7-9/h2-7H,8H2,1H3,(H2,14,15,16). The topological polar surface area (TPSA) is 55.0 Å². The van der Waals surface area contributed by atoms with Crippen molar-refractivity contribution >= 4 is 27.7 Å². The van der Waals surface area contributed by atoms with Crippen molar-refractivity contribution in [3.05, 3.63) is 46.6 Å². The van der Waals surface area contributed by atoms with E-state index in [2.05, 4.69) is 38.0 Å². The van der Waals surface area contributed by atoms with E-state index in [9.17, 15) is 0 Å². The lowest BCUT2D eigenvalue weighted by Crippen LogP contribution is -2.19. The van der Waals surface area contributed by atoms with Crippen molar-refractivity contribution in [2.24, 2.45) is 0 Å². The third-order valence-corrected chi connectivity index (χ3v) is 2.81. The van der Waals surface area contributed by atoms with Gasteiger partial charge < -0.3 is 10.6 Å². The average Bonchev–Trinajstić information content (AvgIpc) is 2.29. The van der Waals surface area contributed by atoms with E-state index in [1.807, 2.05) is 24.1 Å². The maximum absolute atomic E-state index is 5.63. The SMILES string of the molecule is CN(Cc1cccc(Br)c1)c1nccc(N)n1. The Bertz CT molecular complexity index is 515. The van der Waals surface area contributed by atoms with Crippen LogP contribution in [0.3, 0.4) is 0 Å². The summed E-state index contributed by atoms with van der Waals surface area (Å²) in [6, 6.07) is 9.82. The molecule has 17 heavy (non-hydrogen) atoms. The summed E-state index contributed by atoms with van der Waals surface area (Å²) >= 11 is 3.45. The maximum Gasteiger partial charge on any atom is 0.227 e. The number of benzene rings is 1. The molecule has 0 atom stereocenters. The molecule has 0 aliphatic heterocycles. The smallest absolute Gasteiger partial charge is 0.227 e.